The Labute approximate surface area is 102 Å². The molecule has 4 heteroatoms. The van der Waals surface area contributed by atoms with Crippen LogP contribution in [-0.4, -0.2) is 34.0 Å². The first-order valence-electron chi connectivity index (χ1n) is 6.52. The lowest BCUT2D eigenvalue weighted by Crippen LogP contribution is -2.46. The summed E-state index contributed by atoms with van der Waals surface area (Å²) in [4.78, 5) is 25.2. The molecule has 0 radical (unpaired) electrons. The lowest BCUT2D eigenvalue weighted by Gasteiger charge is -2.29. The third-order valence-electron chi connectivity index (χ3n) is 4.53. The first-order chi connectivity index (χ1) is 7.97. The Bertz CT molecular complexity index is 342. The molecule has 1 aliphatic heterocycles. The van der Waals surface area contributed by atoms with Crippen LogP contribution >= 0.6 is 0 Å². The zero-order valence-electron chi connectivity index (χ0n) is 10.7. The molecule has 4 nitrogen and oxygen atoms in total. The Morgan fingerprint density at radius 2 is 2.00 bits per heavy atom. The van der Waals surface area contributed by atoms with Crippen LogP contribution in [0.5, 0.6) is 0 Å². The van der Waals surface area contributed by atoms with E-state index in [0.717, 1.165) is 12.8 Å². The third kappa shape index (κ3) is 2.05. The molecule has 1 saturated heterocycles. The van der Waals surface area contributed by atoms with Gasteiger partial charge in [-0.05, 0) is 24.7 Å². The van der Waals surface area contributed by atoms with Crippen LogP contribution in [0.1, 0.15) is 40.0 Å². The van der Waals surface area contributed by atoms with Crippen molar-refractivity contribution in [3.8, 4) is 0 Å². The summed E-state index contributed by atoms with van der Waals surface area (Å²) in [6.45, 7) is 6.04. The second kappa shape index (κ2) is 4.31. The summed E-state index contributed by atoms with van der Waals surface area (Å²) in [7, 11) is 0. The van der Waals surface area contributed by atoms with Crippen LogP contribution < -0.4 is 0 Å². The lowest BCUT2D eigenvalue weighted by molar-refractivity contribution is -0.151. The predicted octanol–water partition coefficient (Wildman–Crippen LogP) is 1.74. The highest BCUT2D eigenvalue weighted by molar-refractivity contribution is 5.86. The van der Waals surface area contributed by atoms with Gasteiger partial charge in [0.1, 0.15) is 6.04 Å². The van der Waals surface area contributed by atoms with Crippen molar-refractivity contribution in [3.05, 3.63) is 0 Å². The van der Waals surface area contributed by atoms with E-state index in [9.17, 15) is 9.59 Å². The molecule has 1 heterocycles. The van der Waals surface area contributed by atoms with Gasteiger partial charge < -0.3 is 10.0 Å². The molecule has 2 aliphatic rings. The molecule has 0 aromatic carbocycles. The molecule has 17 heavy (non-hydrogen) atoms. The minimum Gasteiger partial charge on any atom is -0.480 e. The average Bonchev–Trinajstić information content (AvgIpc) is 2.97. The summed E-state index contributed by atoms with van der Waals surface area (Å²) < 4.78 is 0. The zero-order valence-corrected chi connectivity index (χ0v) is 10.7. The summed E-state index contributed by atoms with van der Waals surface area (Å²) >= 11 is 0. The zero-order chi connectivity index (χ0) is 12.7. The summed E-state index contributed by atoms with van der Waals surface area (Å²) in [5, 5.41) is 9.15. The summed E-state index contributed by atoms with van der Waals surface area (Å²) in [5.74, 6) is -0.112. The molecule has 1 amide bonds. The number of rotatable bonds is 4. The molecule has 3 unspecified atom stereocenters. The van der Waals surface area contributed by atoms with Gasteiger partial charge in [0.25, 0.3) is 0 Å². The van der Waals surface area contributed by atoms with Crippen LogP contribution in [0.4, 0.5) is 0 Å². The molecule has 96 valence electrons. The van der Waals surface area contributed by atoms with Crippen LogP contribution in [0, 0.1) is 17.8 Å². The molecule has 0 aromatic heterocycles. The van der Waals surface area contributed by atoms with Crippen LogP contribution in [-0.2, 0) is 9.59 Å². The highest BCUT2D eigenvalue weighted by Crippen LogP contribution is 2.48. The van der Waals surface area contributed by atoms with Crippen LogP contribution in [0.25, 0.3) is 0 Å². The molecule has 1 aliphatic carbocycles. The monoisotopic (exact) mass is 239 g/mol. The van der Waals surface area contributed by atoms with Crippen molar-refractivity contribution in [2.75, 3.05) is 0 Å². The molecule has 5 atom stereocenters. The van der Waals surface area contributed by atoms with Gasteiger partial charge in [-0.25, -0.2) is 4.79 Å². The smallest absolute Gasteiger partial charge is 0.326 e. The topological polar surface area (TPSA) is 57.6 Å². The van der Waals surface area contributed by atoms with Crippen molar-refractivity contribution in [2.45, 2.75) is 52.1 Å². The second-order valence-corrected chi connectivity index (χ2v) is 5.57. The van der Waals surface area contributed by atoms with Gasteiger partial charge in [0.2, 0.25) is 5.91 Å². The number of carboxylic acid groups (broad SMARTS) is 1. The number of nitrogens with zero attached hydrogens (tertiary/aromatic N) is 1. The fourth-order valence-electron chi connectivity index (χ4n) is 2.83. The fraction of sp³-hybridized carbons (Fsp3) is 0.846. The largest absolute Gasteiger partial charge is 0.480 e. The molecule has 2 fully saturated rings. The van der Waals surface area contributed by atoms with E-state index in [2.05, 4.69) is 13.8 Å². The van der Waals surface area contributed by atoms with Crippen LogP contribution in [0.15, 0.2) is 0 Å². The normalized spacial score (nSPS) is 34.1. The number of hydrogen-bond donors (Lipinski definition) is 1. The Balaban J connectivity index is 2.09. The van der Waals surface area contributed by atoms with Gasteiger partial charge in [0.05, 0.1) is 0 Å². The molecule has 0 aromatic rings. The molecular weight excluding hydrogens is 218 g/mol. The van der Waals surface area contributed by atoms with Gasteiger partial charge in [-0.2, -0.15) is 0 Å². The molecule has 1 N–H and O–H groups in total. The quantitative estimate of drug-likeness (QED) is 0.813. The maximum absolute atomic E-state index is 12.4. The van der Waals surface area contributed by atoms with E-state index in [4.69, 9.17) is 5.11 Å². The number of carbonyl (C=O) groups is 2. The first-order valence-corrected chi connectivity index (χ1v) is 6.52. The van der Waals surface area contributed by atoms with Gasteiger partial charge in [-0.3, -0.25) is 4.79 Å². The number of hydrogen-bond acceptors (Lipinski definition) is 2. The molecular formula is C13H21NO3. The van der Waals surface area contributed by atoms with Crippen LogP contribution in [0.2, 0.25) is 0 Å². The highest BCUT2D eigenvalue weighted by atomic mass is 16.4. The van der Waals surface area contributed by atoms with E-state index in [0.29, 0.717) is 18.3 Å². The summed E-state index contributed by atoms with van der Waals surface area (Å²) in [5.41, 5.74) is 0. The third-order valence-corrected chi connectivity index (χ3v) is 4.53. The average molecular weight is 239 g/mol. The number of carboxylic acids is 1. The van der Waals surface area contributed by atoms with Crippen molar-refractivity contribution in [3.63, 3.8) is 0 Å². The van der Waals surface area contributed by atoms with E-state index in [1.807, 2.05) is 6.92 Å². The van der Waals surface area contributed by atoms with E-state index in [-0.39, 0.29) is 17.9 Å². The minimum absolute atomic E-state index is 0.0387. The van der Waals surface area contributed by atoms with Crippen molar-refractivity contribution < 1.29 is 14.7 Å². The lowest BCUT2D eigenvalue weighted by atomic mass is 9.92. The molecule has 2 rings (SSSR count). The van der Waals surface area contributed by atoms with E-state index in [1.165, 1.54) is 0 Å². The Hall–Kier alpha value is -1.06. The van der Waals surface area contributed by atoms with Gasteiger partial charge >= 0.3 is 5.97 Å². The van der Waals surface area contributed by atoms with E-state index >= 15 is 0 Å². The van der Waals surface area contributed by atoms with Gasteiger partial charge in [0, 0.05) is 12.0 Å². The maximum atomic E-state index is 12.4. The maximum Gasteiger partial charge on any atom is 0.326 e. The van der Waals surface area contributed by atoms with Gasteiger partial charge in [-0.15, -0.1) is 0 Å². The van der Waals surface area contributed by atoms with Crippen molar-refractivity contribution in [1.82, 2.24) is 4.90 Å². The number of carbonyl (C=O) groups excluding carboxylic acids is 1. The van der Waals surface area contributed by atoms with E-state index in [1.54, 1.807) is 4.90 Å². The van der Waals surface area contributed by atoms with Crippen molar-refractivity contribution in [1.29, 1.82) is 0 Å². The standard InChI is InChI=1S/C13H21NO3/c1-4-7(2)8(3)12(15)14-10-5-9(10)6-11(14)13(16)17/h7-11H,4-6H2,1-3H3,(H,16,17)/t7?,8-,9?,10?,11-/m0/s1. The van der Waals surface area contributed by atoms with Gasteiger partial charge in [-0.1, -0.05) is 27.2 Å². The van der Waals surface area contributed by atoms with Crippen LogP contribution in [0.3, 0.4) is 0 Å². The van der Waals surface area contributed by atoms with E-state index < -0.39 is 12.0 Å². The number of fused-ring (bicyclic) bond motifs is 1. The fourth-order valence-corrected chi connectivity index (χ4v) is 2.83. The van der Waals surface area contributed by atoms with Crippen molar-refractivity contribution >= 4 is 11.9 Å². The Kier molecular flexibility index (Phi) is 3.15. The second-order valence-electron chi connectivity index (χ2n) is 5.57. The molecule has 0 bridgehead atoms. The number of aliphatic carboxylic acids is 1. The minimum atomic E-state index is -0.845. The SMILES string of the molecule is CCC(C)[C@H](C)C(=O)N1C2CC2C[C@H]1C(=O)O. The predicted molar refractivity (Wildman–Crippen MR) is 63.4 cm³/mol. The number of amides is 1. The molecule has 0 spiro atoms. The first kappa shape index (κ1) is 12.4. The van der Waals surface area contributed by atoms with Crippen molar-refractivity contribution in [2.24, 2.45) is 17.8 Å². The summed E-state index contributed by atoms with van der Waals surface area (Å²) in [6.07, 6.45) is 2.61. The summed E-state index contributed by atoms with van der Waals surface area (Å²) in [6, 6.07) is -0.354. The number of likely N-dealkylation sites (tertiary alicyclic amines) is 1. The highest BCUT2D eigenvalue weighted by Gasteiger charge is 2.56. The van der Waals surface area contributed by atoms with Gasteiger partial charge in [0.15, 0.2) is 0 Å². The Morgan fingerprint density at radius 1 is 1.35 bits per heavy atom. The Morgan fingerprint density at radius 3 is 2.53 bits per heavy atom. The molecule has 1 saturated carbocycles. The number of piperidine rings is 1.